The van der Waals surface area contributed by atoms with Crippen LogP contribution in [0.1, 0.15) is 85.5 Å². The van der Waals surface area contributed by atoms with E-state index in [9.17, 15) is 0 Å². The molecule has 0 bridgehead atoms. The molecule has 0 amide bonds. The van der Waals surface area contributed by atoms with E-state index in [4.69, 9.17) is 0 Å². The minimum atomic E-state index is 0.464. The SMILES string of the molecule is CC1CCCCCC1NC1CCCCC1C(C)(C)C. The van der Waals surface area contributed by atoms with Gasteiger partial charge in [0.15, 0.2) is 0 Å². The largest absolute Gasteiger partial charge is 0.311 e. The van der Waals surface area contributed by atoms with Crippen molar-refractivity contribution in [2.24, 2.45) is 17.3 Å². The fraction of sp³-hybridized carbons (Fsp3) is 1.00. The van der Waals surface area contributed by atoms with Gasteiger partial charge in [0.1, 0.15) is 0 Å². The van der Waals surface area contributed by atoms with Crippen molar-refractivity contribution in [3.8, 4) is 0 Å². The molecule has 2 fully saturated rings. The maximum atomic E-state index is 4.10. The zero-order chi connectivity index (χ0) is 13.9. The average molecular weight is 265 g/mol. The van der Waals surface area contributed by atoms with Gasteiger partial charge in [-0.15, -0.1) is 0 Å². The van der Waals surface area contributed by atoms with Crippen molar-refractivity contribution in [2.45, 2.75) is 97.6 Å². The van der Waals surface area contributed by atoms with Crippen LogP contribution in [0.5, 0.6) is 0 Å². The van der Waals surface area contributed by atoms with Crippen LogP contribution in [-0.2, 0) is 0 Å². The summed E-state index contributed by atoms with van der Waals surface area (Å²) in [5.74, 6) is 1.75. The second-order valence-electron chi connectivity index (χ2n) is 8.25. The van der Waals surface area contributed by atoms with Crippen molar-refractivity contribution in [1.82, 2.24) is 5.32 Å². The third-order valence-electron chi connectivity index (χ3n) is 5.67. The first kappa shape index (κ1) is 15.4. The molecule has 0 aliphatic heterocycles. The highest BCUT2D eigenvalue weighted by atomic mass is 15.0. The van der Waals surface area contributed by atoms with Gasteiger partial charge in [0.05, 0.1) is 0 Å². The van der Waals surface area contributed by atoms with Crippen molar-refractivity contribution < 1.29 is 0 Å². The van der Waals surface area contributed by atoms with Gasteiger partial charge in [0.25, 0.3) is 0 Å². The van der Waals surface area contributed by atoms with Gasteiger partial charge in [0, 0.05) is 12.1 Å². The van der Waals surface area contributed by atoms with E-state index in [0.29, 0.717) is 5.41 Å². The second kappa shape index (κ2) is 6.61. The molecule has 0 radical (unpaired) electrons. The van der Waals surface area contributed by atoms with E-state index in [1.165, 1.54) is 57.8 Å². The molecule has 1 nitrogen and oxygen atoms in total. The molecule has 0 heterocycles. The molecule has 2 rings (SSSR count). The van der Waals surface area contributed by atoms with Gasteiger partial charge >= 0.3 is 0 Å². The first-order chi connectivity index (χ1) is 8.98. The first-order valence-electron chi connectivity index (χ1n) is 8.74. The number of hydrogen-bond acceptors (Lipinski definition) is 1. The maximum absolute atomic E-state index is 4.10. The Labute approximate surface area is 120 Å². The Kier molecular flexibility index (Phi) is 5.34. The van der Waals surface area contributed by atoms with Gasteiger partial charge < -0.3 is 5.32 Å². The predicted octanol–water partition coefficient (Wildman–Crippen LogP) is 5.15. The van der Waals surface area contributed by atoms with Gasteiger partial charge in [-0.2, -0.15) is 0 Å². The van der Waals surface area contributed by atoms with Crippen molar-refractivity contribution in [3.63, 3.8) is 0 Å². The zero-order valence-electron chi connectivity index (χ0n) is 13.7. The Hall–Kier alpha value is -0.0400. The summed E-state index contributed by atoms with van der Waals surface area (Å²) < 4.78 is 0. The Morgan fingerprint density at radius 2 is 1.32 bits per heavy atom. The lowest BCUT2D eigenvalue weighted by atomic mass is 9.69. The van der Waals surface area contributed by atoms with Crippen molar-refractivity contribution in [2.75, 3.05) is 0 Å². The van der Waals surface area contributed by atoms with Crippen LogP contribution >= 0.6 is 0 Å². The summed E-state index contributed by atoms with van der Waals surface area (Å²) in [4.78, 5) is 0. The molecule has 2 aliphatic rings. The molecule has 19 heavy (non-hydrogen) atoms. The molecule has 0 spiro atoms. The van der Waals surface area contributed by atoms with Crippen molar-refractivity contribution in [1.29, 1.82) is 0 Å². The smallest absolute Gasteiger partial charge is 0.0103 e. The summed E-state index contributed by atoms with van der Waals surface area (Å²) >= 11 is 0. The normalized spacial score (nSPS) is 37.9. The third-order valence-corrected chi connectivity index (χ3v) is 5.67. The van der Waals surface area contributed by atoms with Gasteiger partial charge in [0.2, 0.25) is 0 Å². The van der Waals surface area contributed by atoms with Gasteiger partial charge in [-0.25, -0.2) is 0 Å². The highest BCUT2D eigenvalue weighted by Crippen LogP contribution is 2.39. The first-order valence-corrected chi connectivity index (χ1v) is 8.74. The van der Waals surface area contributed by atoms with E-state index < -0.39 is 0 Å². The van der Waals surface area contributed by atoms with Crippen molar-refractivity contribution in [3.05, 3.63) is 0 Å². The molecule has 112 valence electrons. The van der Waals surface area contributed by atoms with Crippen LogP contribution in [-0.4, -0.2) is 12.1 Å². The second-order valence-corrected chi connectivity index (χ2v) is 8.25. The summed E-state index contributed by atoms with van der Waals surface area (Å²) in [5, 5.41) is 4.10. The Balaban J connectivity index is 1.98. The molecule has 4 atom stereocenters. The van der Waals surface area contributed by atoms with E-state index in [0.717, 1.165) is 23.9 Å². The molecule has 0 saturated heterocycles. The number of rotatable bonds is 2. The Morgan fingerprint density at radius 1 is 0.737 bits per heavy atom. The van der Waals surface area contributed by atoms with E-state index in [1.807, 2.05) is 0 Å². The van der Waals surface area contributed by atoms with Crippen LogP contribution in [0.2, 0.25) is 0 Å². The summed E-state index contributed by atoms with van der Waals surface area (Å²) in [5.41, 5.74) is 0.464. The maximum Gasteiger partial charge on any atom is 0.0103 e. The van der Waals surface area contributed by atoms with E-state index in [1.54, 1.807) is 0 Å². The fourth-order valence-corrected chi connectivity index (χ4v) is 4.38. The Morgan fingerprint density at radius 3 is 2.05 bits per heavy atom. The van der Waals surface area contributed by atoms with Crippen molar-refractivity contribution >= 4 is 0 Å². The zero-order valence-corrected chi connectivity index (χ0v) is 13.7. The van der Waals surface area contributed by atoms with E-state index >= 15 is 0 Å². The van der Waals surface area contributed by atoms with Gasteiger partial charge in [-0.3, -0.25) is 0 Å². The lowest BCUT2D eigenvalue weighted by Crippen LogP contribution is -2.50. The minimum absolute atomic E-state index is 0.464. The molecule has 1 N–H and O–H groups in total. The molecule has 0 aromatic heterocycles. The highest BCUT2D eigenvalue weighted by molar-refractivity contribution is 4.91. The molecule has 0 aromatic carbocycles. The average Bonchev–Trinajstić information content (AvgIpc) is 2.54. The van der Waals surface area contributed by atoms with Crippen LogP contribution in [0, 0.1) is 17.3 Å². The van der Waals surface area contributed by atoms with Crippen LogP contribution in [0.3, 0.4) is 0 Å². The summed E-state index contributed by atoms with van der Waals surface area (Å²) in [6, 6.07) is 1.56. The molecule has 2 saturated carbocycles. The Bertz CT molecular complexity index is 265. The highest BCUT2D eigenvalue weighted by Gasteiger charge is 2.35. The standard InChI is InChI=1S/C18H35N/c1-14-10-6-5-7-12-16(14)19-17-13-9-8-11-15(17)18(2,3)4/h14-17,19H,5-13H2,1-4H3. The van der Waals surface area contributed by atoms with Gasteiger partial charge in [-0.1, -0.05) is 59.8 Å². The molecular formula is C18H35N. The molecule has 4 unspecified atom stereocenters. The summed E-state index contributed by atoms with van der Waals surface area (Å²) in [6.07, 6.45) is 12.9. The molecule has 2 aliphatic carbocycles. The summed E-state index contributed by atoms with van der Waals surface area (Å²) in [6.45, 7) is 9.79. The quantitative estimate of drug-likeness (QED) is 0.681. The predicted molar refractivity (Wildman–Crippen MR) is 84.4 cm³/mol. The lowest BCUT2D eigenvalue weighted by Gasteiger charge is -2.43. The number of nitrogens with one attached hydrogen (secondary N) is 1. The molecular weight excluding hydrogens is 230 g/mol. The van der Waals surface area contributed by atoms with E-state index in [2.05, 4.69) is 33.0 Å². The molecule has 1 heteroatoms. The fourth-order valence-electron chi connectivity index (χ4n) is 4.38. The van der Waals surface area contributed by atoms with Crippen LogP contribution in [0.4, 0.5) is 0 Å². The van der Waals surface area contributed by atoms with Gasteiger partial charge in [-0.05, 0) is 42.9 Å². The topological polar surface area (TPSA) is 12.0 Å². The third kappa shape index (κ3) is 4.21. The minimum Gasteiger partial charge on any atom is -0.311 e. The van der Waals surface area contributed by atoms with Crippen LogP contribution in [0.25, 0.3) is 0 Å². The summed E-state index contributed by atoms with van der Waals surface area (Å²) in [7, 11) is 0. The molecule has 0 aromatic rings. The number of hydrogen-bond donors (Lipinski definition) is 1. The van der Waals surface area contributed by atoms with E-state index in [-0.39, 0.29) is 0 Å². The van der Waals surface area contributed by atoms with Crippen LogP contribution < -0.4 is 5.32 Å². The van der Waals surface area contributed by atoms with Crippen LogP contribution in [0.15, 0.2) is 0 Å². The monoisotopic (exact) mass is 265 g/mol. The lowest BCUT2D eigenvalue weighted by molar-refractivity contribution is 0.114.